The number of Topliss-reactive ketones (excluding diaryl/α,β-unsaturated/α-hetero) is 1. The third-order valence-electron chi connectivity index (χ3n) is 4.30. The zero-order valence-corrected chi connectivity index (χ0v) is 13.4. The Morgan fingerprint density at radius 3 is 2.50 bits per heavy atom. The molecule has 5 nitrogen and oxygen atoms in total. The highest BCUT2D eigenvalue weighted by atomic mass is 16.6. The largest absolute Gasteiger partial charge is 0.358 e. The monoisotopic (exact) mass is 322 g/mol. The summed E-state index contributed by atoms with van der Waals surface area (Å²) < 4.78 is 0. The topological polar surface area (TPSA) is 76.0 Å². The molecule has 0 aliphatic heterocycles. The predicted molar refractivity (Wildman–Crippen MR) is 92.8 cm³/mol. The molecule has 0 saturated carbocycles. The van der Waals surface area contributed by atoms with Crippen LogP contribution in [0.4, 0.5) is 0 Å². The van der Waals surface area contributed by atoms with Crippen molar-refractivity contribution in [3.05, 3.63) is 81.5 Å². The number of nitrogens with one attached hydrogen (secondary N) is 1. The molecule has 0 aliphatic rings. The number of para-hydroxylation sites is 1. The second-order valence-corrected chi connectivity index (χ2v) is 5.90. The fourth-order valence-corrected chi connectivity index (χ4v) is 3.09. The summed E-state index contributed by atoms with van der Waals surface area (Å²) >= 11 is 0. The maximum absolute atomic E-state index is 12.8. The van der Waals surface area contributed by atoms with Gasteiger partial charge in [0.2, 0.25) is 6.54 Å². The first-order valence-electron chi connectivity index (χ1n) is 7.82. The predicted octanol–water partition coefficient (Wildman–Crippen LogP) is 3.65. The molecule has 0 aliphatic carbocycles. The molecular formula is C19H18N2O3. The summed E-state index contributed by atoms with van der Waals surface area (Å²) in [5.74, 6) is -0.861. The quantitative estimate of drug-likeness (QED) is 0.556. The molecule has 5 heteroatoms. The lowest BCUT2D eigenvalue weighted by atomic mass is 9.90. The van der Waals surface area contributed by atoms with Gasteiger partial charge in [0.15, 0.2) is 5.78 Å². The molecule has 24 heavy (non-hydrogen) atoms. The van der Waals surface area contributed by atoms with E-state index in [4.69, 9.17) is 0 Å². The molecule has 1 aromatic heterocycles. The first-order chi connectivity index (χ1) is 11.6. The van der Waals surface area contributed by atoms with Crippen molar-refractivity contribution in [3.8, 4) is 0 Å². The van der Waals surface area contributed by atoms with Gasteiger partial charge in [-0.05, 0) is 24.1 Å². The van der Waals surface area contributed by atoms with E-state index in [-0.39, 0.29) is 18.7 Å². The molecule has 2 aromatic carbocycles. The Kier molecular flexibility index (Phi) is 4.42. The first kappa shape index (κ1) is 15.9. The minimum atomic E-state index is -0.728. The summed E-state index contributed by atoms with van der Waals surface area (Å²) in [4.78, 5) is 26.7. The van der Waals surface area contributed by atoms with Crippen LogP contribution >= 0.6 is 0 Å². The normalized spacial score (nSPS) is 12.2. The summed E-state index contributed by atoms with van der Waals surface area (Å²) in [7, 11) is 0. The molecule has 1 atom stereocenters. The molecule has 1 N–H and O–H groups in total. The lowest BCUT2D eigenvalue weighted by molar-refractivity contribution is -0.481. The van der Waals surface area contributed by atoms with Gasteiger partial charge in [-0.2, -0.15) is 0 Å². The number of nitro groups is 1. The zero-order valence-electron chi connectivity index (χ0n) is 13.4. The van der Waals surface area contributed by atoms with Crippen molar-refractivity contribution in [3.63, 3.8) is 0 Å². The number of carbonyl (C=O) groups is 1. The number of nitrogens with zero attached hydrogens (tertiary/aromatic N) is 1. The molecule has 0 saturated heterocycles. The number of aromatic nitrogens is 1. The fraction of sp³-hybridized carbons (Fsp3) is 0.211. The van der Waals surface area contributed by atoms with Crippen LogP contribution in [-0.4, -0.2) is 22.2 Å². The van der Waals surface area contributed by atoms with Gasteiger partial charge in [0, 0.05) is 27.9 Å². The average Bonchev–Trinajstić information content (AvgIpc) is 2.89. The third kappa shape index (κ3) is 3.20. The van der Waals surface area contributed by atoms with Gasteiger partial charge < -0.3 is 4.98 Å². The van der Waals surface area contributed by atoms with Crippen molar-refractivity contribution >= 4 is 16.7 Å². The molecule has 3 rings (SSSR count). The Morgan fingerprint density at radius 1 is 1.12 bits per heavy atom. The lowest BCUT2D eigenvalue weighted by Gasteiger charge is -2.12. The molecular weight excluding hydrogens is 304 g/mol. The van der Waals surface area contributed by atoms with Crippen molar-refractivity contribution in [1.82, 2.24) is 4.98 Å². The Morgan fingerprint density at radius 2 is 1.79 bits per heavy atom. The van der Waals surface area contributed by atoms with Crippen LogP contribution in [0.3, 0.4) is 0 Å². The van der Waals surface area contributed by atoms with Crippen molar-refractivity contribution in [2.24, 2.45) is 0 Å². The smallest absolute Gasteiger partial charge is 0.217 e. The second-order valence-electron chi connectivity index (χ2n) is 5.90. The van der Waals surface area contributed by atoms with E-state index in [1.807, 2.05) is 37.3 Å². The summed E-state index contributed by atoms with van der Waals surface area (Å²) in [5, 5.41) is 12.0. The highest BCUT2D eigenvalue weighted by molar-refractivity contribution is 5.93. The summed E-state index contributed by atoms with van der Waals surface area (Å²) in [6.07, 6.45) is 0.184. The van der Waals surface area contributed by atoms with E-state index in [9.17, 15) is 14.9 Å². The standard InChI is InChI=1S/C19H18N2O3/c1-13-16(15-9-5-6-10-18(15)20-13)11-19(22)17(12-21(23)24)14-7-3-2-4-8-14/h2-10,17,20H,11-12H2,1H3. The molecule has 1 unspecified atom stereocenters. The SMILES string of the molecule is Cc1[nH]c2ccccc2c1CC(=O)C(C[N+](=O)[O-])c1ccccc1. The van der Waals surface area contributed by atoms with Crippen LogP contribution in [0.5, 0.6) is 0 Å². The third-order valence-corrected chi connectivity index (χ3v) is 4.30. The van der Waals surface area contributed by atoms with Crippen LogP contribution < -0.4 is 0 Å². The van der Waals surface area contributed by atoms with Crippen LogP contribution in [-0.2, 0) is 11.2 Å². The maximum Gasteiger partial charge on any atom is 0.217 e. The molecule has 3 aromatic rings. The van der Waals surface area contributed by atoms with Crippen LogP contribution in [0.25, 0.3) is 10.9 Å². The first-order valence-corrected chi connectivity index (χ1v) is 7.82. The summed E-state index contributed by atoms with van der Waals surface area (Å²) in [5.41, 5.74) is 3.51. The van der Waals surface area contributed by atoms with Gasteiger partial charge in [-0.3, -0.25) is 14.9 Å². The van der Waals surface area contributed by atoms with Gasteiger partial charge in [0.05, 0.1) is 0 Å². The Bertz CT molecular complexity index is 884. The zero-order chi connectivity index (χ0) is 17.1. The van der Waals surface area contributed by atoms with E-state index >= 15 is 0 Å². The highest BCUT2D eigenvalue weighted by Crippen LogP contribution is 2.26. The van der Waals surface area contributed by atoms with Gasteiger partial charge >= 0.3 is 0 Å². The minimum Gasteiger partial charge on any atom is -0.358 e. The van der Waals surface area contributed by atoms with E-state index in [1.165, 1.54) is 0 Å². The number of aromatic amines is 1. The summed E-state index contributed by atoms with van der Waals surface area (Å²) in [6.45, 7) is 1.54. The maximum atomic E-state index is 12.8. The molecule has 122 valence electrons. The molecule has 0 fully saturated rings. The minimum absolute atomic E-state index is 0.134. The number of H-pyrrole nitrogens is 1. The van der Waals surface area contributed by atoms with E-state index in [0.29, 0.717) is 5.56 Å². The Balaban J connectivity index is 1.93. The van der Waals surface area contributed by atoms with Crippen molar-refractivity contribution in [2.45, 2.75) is 19.3 Å². The van der Waals surface area contributed by atoms with Gasteiger partial charge in [0.25, 0.3) is 0 Å². The van der Waals surface area contributed by atoms with Crippen molar-refractivity contribution < 1.29 is 9.72 Å². The van der Waals surface area contributed by atoms with E-state index in [2.05, 4.69) is 4.98 Å². The van der Waals surface area contributed by atoms with E-state index < -0.39 is 10.8 Å². The van der Waals surface area contributed by atoms with E-state index in [1.54, 1.807) is 24.3 Å². The Hall–Kier alpha value is -2.95. The number of hydrogen-bond acceptors (Lipinski definition) is 3. The van der Waals surface area contributed by atoms with Gasteiger partial charge in [-0.15, -0.1) is 0 Å². The lowest BCUT2D eigenvalue weighted by Crippen LogP contribution is -2.23. The number of aryl methyl sites for hydroxylation is 1. The van der Waals surface area contributed by atoms with Crippen molar-refractivity contribution in [1.29, 1.82) is 0 Å². The number of benzene rings is 2. The number of rotatable bonds is 6. The fourth-order valence-electron chi connectivity index (χ4n) is 3.09. The van der Waals surface area contributed by atoms with Gasteiger partial charge in [-0.1, -0.05) is 48.5 Å². The molecule has 1 heterocycles. The Labute approximate surface area is 139 Å². The van der Waals surface area contributed by atoms with Gasteiger partial charge in [-0.25, -0.2) is 0 Å². The number of fused-ring (bicyclic) bond motifs is 1. The van der Waals surface area contributed by atoms with Crippen LogP contribution in [0, 0.1) is 17.0 Å². The van der Waals surface area contributed by atoms with Crippen LogP contribution in [0.2, 0.25) is 0 Å². The number of hydrogen-bond donors (Lipinski definition) is 1. The molecule has 0 spiro atoms. The van der Waals surface area contributed by atoms with Crippen molar-refractivity contribution in [2.75, 3.05) is 6.54 Å². The van der Waals surface area contributed by atoms with Crippen LogP contribution in [0.1, 0.15) is 22.7 Å². The molecule has 0 amide bonds. The second kappa shape index (κ2) is 6.66. The highest BCUT2D eigenvalue weighted by Gasteiger charge is 2.27. The molecule has 0 radical (unpaired) electrons. The van der Waals surface area contributed by atoms with Crippen LogP contribution in [0.15, 0.2) is 54.6 Å². The average molecular weight is 322 g/mol. The number of carbonyl (C=O) groups excluding carboxylic acids is 1. The van der Waals surface area contributed by atoms with E-state index in [0.717, 1.165) is 22.2 Å². The number of ketones is 1. The summed E-state index contributed by atoms with van der Waals surface area (Å²) in [6, 6.07) is 16.8. The molecule has 0 bridgehead atoms. The van der Waals surface area contributed by atoms with Gasteiger partial charge in [0.1, 0.15) is 5.92 Å².